The molecule has 10 heteroatoms. The number of nitrogens with zero attached hydrogens (tertiary/aromatic N) is 1. The molecule has 0 bridgehead atoms. The summed E-state index contributed by atoms with van der Waals surface area (Å²) in [4.78, 5) is 22.9. The topological polar surface area (TPSA) is 130 Å². The fourth-order valence-electron chi connectivity index (χ4n) is 3.20. The van der Waals surface area contributed by atoms with E-state index in [1.54, 1.807) is 12.1 Å². The van der Waals surface area contributed by atoms with Crippen molar-refractivity contribution in [2.24, 2.45) is 11.7 Å². The Bertz CT molecular complexity index is 987. The fraction of sp³-hybridized carbons (Fsp3) is 0.333. The van der Waals surface area contributed by atoms with Crippen molar-refractivity contribution in [3.63, 3.8) is 0 Å². The molecule has 0 aliphatic carbocycles. The zero-order chi connectivity index (χ0) is 23.0. The van der Waals surface area contributed by atoms with Gasteiger partial charge >= 0.3 is 6.09 Å². The molecule has 0 unspecified atom stereocenters. The Balaban J connectivity index is 0.000000225. The summed E-state index contributed by atoms with van der Waals surface area (Å²) in [5.41, 5.74) is 6.88. The Labute approximate surface area is 180 Å². The average Bonchev–Trinajstić information content (AvgIpc) is 2.70. The molecule has 1 saturated heterocycles. The van der Waals surface area contributed by atoms with E-state index >= 15 is 0 Å². The van der Waals surface area contributed by atoms with Crippen LogP contribution in [0.1, 0.15) is 28.8 Å². The molecular weight excluding hydrogens is 425 g/mol. The third-order valence-corrected chi connectivity index (χ3v) is 5.40. The van der Waals surface area contributed by atoms with Gasteiger partial charge in [0.1, 0.15) is 5.82 Å². The Hall–Kier alpha value is -3.14. The molecular formula is C21H26FN3O5S. The molecule has 1 heterocycles. The van der Waals surface area contributed by atoms with Crippen molar-refractivity contribution in [1.29, 1.82) is 0 Å². The predicted octanol–water partition coefficient (Wildman–Crippen LogP) is 2.92. The lowest BCUT2D eigenvalue weighted by atomic mass is 9.90. The van der Waals surface area contributed by atoms with Crippen molar-refractivity contribution >= 4 is 27.7 Å². The van der Waals surface area contributed by atoms with E-state index < -0.39 is 22.0 Å². The van der Waals surface area contributed by atoms with Gasteiger partial charge in [0.2, 0.25) is 15.9 Å². The molecule has 1 fully saturated rings. The molecule has 4 N–H and O–H groups in total. The van der Waals surface area contributed by atoms with Gasteiger partial charge in [0, 0.05) is 24.3 Å². The number of carbonyl (C=O) groups is 2. The third kappa shape index (κ3) is 8.63. The van der Waals surface area contributed by atoms with Gasteiger partial charge in [0.15, 0.2) is 0 Å². The minimum absolute atomic E-state index is 0.213. The molecule has 0 radical (unpaired) electrons. The van der Waals surface area contributed by atoms with Crippen molar-refractivity contribution in [3.8, 4) is 0 Å². The standard InChI is InChI=1S/C13H16FNO2.C8H10N2O3S/c14-12-3-1-10(2-4-12)9-11-5-7-15(8-6-11)13(16)17;1-14(12,13)10-7-4-2-6(3-5-7)8(9)11/h1-4,11H,5-9H2,(H,16,17);2-5,10H,1H3,(H2,9,11). The number of piperidine rings is 1. The van der Waals surface area contributed by atoms with Gasteiger partial charge in [-0.1, -0.05) is 12.1 Å². The second-order valence-electron chi connectivity index (χ2n) is 7.36. The molecule has 8 nitrogen and oxygen atoms in total. The van der Waals surface area contributed by atoms with Crippen molar-refractivity contribution in [2.45, 2.75) is 19.3 Å². The van der Waals surface area contributed by atoms with Crippen molar-refractivity contribution in [3.05, 3.63) is 65.5 Å². The fourth-order valence-corrected chi connectivity index (χ4v) is 3.76. The van der Waals surface area contributed by atoms with Crippen LogP contribution in [0.4, 0.5) is 14.9 Å². The quantitative estimate of drug-likeness (QED) is 0.644. The highest BCUT2D eigenvalue weighted by Crippen LogP contribution is 2.21. The number of sulfonamides is 1. The molecule has 31 heavy (non-hydrogen) atoms. The molecule has 2 amide bonds. The Morgan fingerprint density at radius 2 is 1.65 bits per heavy atom. The van der Waals surface area contributed by atoms with Crippen LogP contribution >= 0.6 is 0 Å². The minimum Gasteiger partial charge on any atom is -0.465 e. The van der Waals surface area contributed by atoms with E-state index in [4.69, 9.17) is 10.8 Å². The highest BCUT2D eigenvalue weighted by atomic mass is 32.2. The van der Waals surface area contributed by atoms with E-state index in [1.807, 2.05) is 0 Å². The molecule has 168 valence electrons. The zero-order valence-electron chi connectivity index (χ0n) is 17.1. The van der Waals surface area contributed by atoms with Crippen LogP contribution in [0.3, 0.4) is 0 Å². The Morgan fingerprint density at radius 3 is 2.10 bits per heavy atom. The van der Waals surface area contributed by atoms with Gasteiger partial charge in [0.25, 0.3) is 0 Å². The summed E-state index contributed by atoms with van der Waals surface area (Å²) in [6, 6.07) is 12.4. The zero-order valence-corrected chi connectivity index (χ0v) is 17.9. The van der Waals surface area contributed by atoms with Crippen molar-refractivity contribution in [1.82, 2.24) is 4.90 Å². The number of rotatable bonds is 5. The largest absolute Gasteiger partial charge is 0.465 e. The summed E-state index contributed by atoms with van der Waals surface area (Å²) >= 11 is 0. The minimum atomic E-state index is -3.28. The van der Waals surface area contributed by atoms with Crippen LogP contribution in [0.15, 0.2) is 48.5 Å². The number of anilines is 1. The van der Waals surface area contributed by atoms with E-state index in [0.717, 1.165) is 31.1 Å². The molecule has 1 aliphatic rings. The van der Waals surface area contributed by atoms with E-state index in [2.05, 4.69) is 4.72 Å². The Kier molecular flexibility index (Phi) is 8.38. The summed E-state index contributed by atoms with van der Waals surface area (Å²) in [5, 5.41) is 8.83. The van der Waals surface area contributed by atoms with E-state index in [0.29, 0.717) is 30.3 Å². The summed E-state index contributed by atoms with van der Waals surface area (Å²) in [6.45, 7) is 1.22. The highest BCUT2D eigenvalue weighted by molar-refractivity contribution is 7.92. The van der Waals surface area contributed by atoms with Crippen molar-refractivity contribution < 1.29 is 27.5 Å². The van der Waals surface area contributed by atoms with Gasteiger partial charge in [-0.2, -0.15) is 0 Å². The van der Waals surface area contributed by atoms with Gasteiger partial charge in [0.05, 0.1) is 6.26 Å². The summed E-state index contributed by atoms with van der Waals surface area (Å²) in [5.74, 6) is -0.249. The lowest BCUT2D eigenvalue weighted by Gasteiger charge is -2.29. The number of nitrogens with one attached hydrogen (secondary N) is 1. The summed E-state index contributed by atoms with van der Waals surface area (Å²) in [6.07, 6.45) is 2.92. The number of likely N-dealkylation sites (tertiary alicyclic amines) is 1. The first kappa shape index (κ1) is 24.1. The maximum absolute atomic E-state index is 12.7. The number of nitrogens with two attached hydrogens (primary N) is 1. The van der Waals surface area contributed by atoms with Gasteiger partial charge in [-0.25, -0.2) is 17.6 Å². The van der Waals surface area contributed by atoms with Gasteiger partial charge in [-0.3, -0.25) is 9.52 Å². The average molecular weight is 452 g/mol. The number of halogens is 1. The molecule has 2 aromatic rings. The first-order valence-corrected chi connectivity index (χ1v) is 11.5. The second-order valence-corrected chi connectivity index (χ2v) is 9.11. The normalized spacial score (nSPS) is 14.3. The molecule has 1 aliphatic heterocycles. The first-order valence-electron chi connectivity index (χ1n) is 9.63. The summed E-state index contributed by atoms with van der Waals surface area (Å²) in [7, 11) is -3.28. The number of amides is 2. The van der Waals surface area contributed by atoms with Crippen LogP contribution in [0.25, 0.3) is 0 Å². The molecule has 3 rings (SSSR count). The molecule has 0 saturated carbocycles. The smallest absolute Gasteiger partial charge is 0.407 e. The number of carbonyl (C=O) groups excluding carboxylic acids is 1. The number of hydrogen-bond acceptors (Lipinski definition) is 4. The van der Waals surface area contributed by atoms with Gasteiger partial charge in [-0.15, -0.1) is 0 Å². The van der Waals surface area contributed by atoms with Crippen molar-refractivity contribution in [2.75, 3.05) is 24.1 Å². The van der Waals surface area contributed by atoms with Crippen LogP contribution < -0.4 is 10.5 Å². The SMILES string of the molecule is CS(=O)(=O)Nc1ccc(C(N)=O)cc1.O=C(O)N1CCC(Cc2ccc(F)cc2)CC1. The van der Waals surface area contributed by atoms with E-state index in [9.17, 15) is 22.4 Å². The number of hydrogen-bond donors (Lipinski definition) is 3. The van der Waals surface area contributed by atoms with Crippen LogP contribution in [-0.4, -0.2) is 49.8 Å². The predicted molar refractivity (Wildman–Crippen MR) is 116 cm³/mol. The van der Waals surface area contributed by atoms with Gasteiger partial charge < -0.3 is 15.7 Å². The second kappa shape index (κ2) is 10.8. The van der Waals surface area contributed by atoms with E-state index in [-0.39, 0.29) is 5.82 Å². The molecule has 2 aromatic carbocycles. The van der Waals surface area contributed by atoms with Crippen LogP contribution in [0.5, 0.6) is 0 Å². The first-order chi connectivity index (χ1) is 14.5. The third-order valence-electron chi connectivity index (χ3n) is 4.80. The van der Waals surface area contributed by atoms with Crippen LogP contribution in [0.2, 0.25) is 0 Å². The lowest BCUT2D eigenvalue weighted by molar-refractivity contribution is 0.1000. The number of primary amides is 1. The van der Waals surface area contributed by atoms with Crippen LogP contribution in [0, 0.1) is 11.7 Å². The maximum Gasteiger partial charge on any atom is 0.407 e. The lowest BCUT2D eigenvalue weighted by Crippen LogP contribution is -2.37. The number of benzene rings is 2. The van der Waals surface area contributed by atoms with E-state index in [1.165, 1.54) is 41.3 Å². The monoisotopic (exact) mass is 451 g/mol. The molecule has 0 aromatic heterocycles. The highest BCUT2D eigenvalue weighted by Gasteiger charge is 2.22. The molecule has 0 spiro atoms. The summed E-state index contributed by atoms with van der Waals surface area (Å²) < 4.78 is 36.6. The Morgan fingerprint density at radius 1 is 1.10 bits per heavy atom. The molecule has 0 atom stereocenters. The number of carboxylic acid groups (broad SMARTS) is 1. The maximum atomic E-state index is 12.7. The van der Waals surface area contributed by atoms with Gasteiger partial charge in [-0.05, 0) is 67.1 Å². The van der Waals surface area contributed by atoms with Crippen LogP contribution in [-0.2, 0) is 16.4 Å².